The second kappa shape index (κ2) is 11.5. The number of benzene rings is 3. The van der Waals surface area contributed by atoms with E-state index < -0.39 is 0 Å². The molecule has 3 rings (SSSR count). The molecule has 0 aliphatic rings. The van der Waals surface area contributed by atoms with Gasteiger partial charge in [0.05, 0.1) is 17.8 Å². The van der Waals surface area contributed by atoms with Crippen LogP contribution >= 0.6 is 0 Å². The second-order valence-electron chi connectivity index (χ2n) is 7.54. The Balaban J connectivity index is 1.63. The van der Waals surface area contributed by atoms with Crippen LogP contribution in [0.1, 0.15) is 35.7 Å². The van der Waals surface area contributed by atoms with Crippen LogP contribution in [0.3, 0.4) is 0 Å². The molecule has 0 saturated carbocycles. The quantitative estimate of drug-likeness (QED) is 0.372. The number of para-hydroxylation sites is 2. The maximum atomic E-state index is 12.7. The smallest absolute Gasteiger partial charge is 0.257 e. The van der Waals surface area contributed by atoms with Crippen LogP contribution in [0.5, 0.6) is 0 Å². The second-order valence-corrected chi connectivity index (χ2v) is 7.54. The Morgan fingerprint density at radius 3 is 2.09 bits per heavy atom. The van der Waals surface area contributed by atoms with Crippen LogP contribution in [0.2, 0.25) is 0 Å². The number of rotatable bonds is 9. The van der Waals surface area contributed by atoms with E-state index in [4.69, 9.17) is 0 Å². The molecule has 0 bridgehead atoms. The van der Waals surface area contributed by atoms with Gasteiger partial charge in [-0.3, -0.25) is 14.4 Å². The predicted octanol–water partition coefficient (Wildman–Crippen LogP) is 5.04. The SMILES string of the molecule is CCCC(=O)Nc1cccc(NCC(=O)Nc2ccccc2C(=O)Nc2ccccc2)c1C. The van der Waals surface area contributed by atoms with Crippen molar-refractivity contribution in [1.29, 1.82) is 0 Å². The van der Waals surface area contributed by atoms with Gasteiger partial charge in [0.15, 0.2) is 0 Å². The zero-order chi connectivity index (χ0) is 23.6. The average Bonchev–Trinajstić information content (AvgIpc) is 2.81. The maximum Gasteiger partial charge on any atom is 0.257 e. The first kappa shape index (κ1) is 23.5. The average molecular weight is 445 g/mol. The van der Waals surface area contributed by atoms with Crippen molar-refractivity contribution >= 4 is 40.5 Å². The minimum Gasteiger partial charge on any atom is -0.376 e. The van der Waals surface area contributed by atoms with Crippen molar-refractivity contribution in [3.63, 3.8) is 0 Å². The lowest BCUT2D eigenvalue weighted by molar-refractivity contribution is -0.116. The van der Waals surface area contributed by atoms with Gasteiger partial charge in [0.1, 0.15) is 0 Å². The van der Waals surface area contributed by atoms with Gasteiger partial charge in [0.25, 0.3) is 5.91 Å². The van der Waals surface area contributed by atoms with Crippen molar-refractivity contribution in [2.45, 2.75) is 26.7 Å². The third-order valence-electron chi connectivity index (χ3n) is 5.00. The van der Waals surface area contributed by atoms with E-state index >= 15 is 0 Å². The van der Waals surface area contributed by atoms with Gasteiger partial charge in [-0.05, 0) is 55.3 Å². The Labute approximate surface area is 193 Å². The van der Waals surface area contributed by atoms with Crippen LogP contribution in [0.15, 0.2) is 72.8 Å². The first-order valence-corrected chi connectivity index (χ1v) is 10.9. The highest BCUT2D eigenvalue weighted by Crippen LogP contribution is 2.24. The fraction of sp³-hybridized carbons (Fsp3) is 0.192. The van der Waals surface area contributed by atoms with Gasteiger partial charge in [0, 0.05) is 23.5 Å². The van der Waals surface area contributed by atoms with Crippen LogP contribution in [-0.2, 0) is 9.59 Å². The van der Waals surface area contributed by atoms with Gasteiger partial charge in [-0.15, -0.1) is 0 Å². The van der Waals surface area contributed by atoms with Gasteiger partial charge in [-0.1, -0.05) is 43.3 Å². The Hall–Kier alpha value is -4.13. The van der Waals surface area contributed by atoms with Crippen molar-refractivity contribution in [3.8, 4) is 0 Å². The van der Waals surface area contributed by atoms with Crippen LogP contribution in [0.4, 0.5) is 22.7 Å². The molecule has 0 heterocycles. The van der Waals surface area contributed by atoms with Crippen molar-refractivity contribution in [2.75, 3.05) is 27.8 Å². The molecule has 0 aliphatic heterocycles. The summed E-state index contributed by atoms with van der Waals surface area (Å²) in [6.07, 6.45) is 1.23. The summed E-state index contributed by atoms with van der Waals surface area (Å²) in [4.78, 5) is 37.2. The molecule has 0 atom stereocenters. The molecule has 33 heavy (non-hydrogen) atoms. The van der Waals surface area contributed by atoms with Crippen LogP contribution in [-0.4, -0.2) is 24.3 Å². The molecule has 7 heteroatoms. The first-order chi connectivity index (χ1) is 16.0. The molecule has 7 nitrogen and oxygen atoms in total. The predicted molar refractivity (Wildman–Crippen MR) is 133 cm³/mol. The van der Waals surface area contributed by atoms with E-state index in [1.54, 1.807) is 36.4 Å². The summed E-state index contributed by atoms with van der Waals surface area (Å²) in [5.41, 5.74) is 3.77. The fourth-order valence-electron chi connectivity index (χ4n) is 3.28. The molecule has 3 aromatic carbocycles. The lowest BCUT2D eigenvalue weighted by Gasteiger charge is -2.15. The molecule has 170 valence electrons. The van der Waals surface area contributed by atoms with Crippen LogP contribution < -0.4 is 21.3 Å². The summed E-state index contributed by atoms with van der Waals surface area (Å²) in [6.45, 7) is 3.83. The zero-order valence-electron chi connectivity index (χ0n) is 18.8. The molecule has 0 fully saturated rings. The summed E-state index contributed by atoms with van der Waals surface area (Å²) in [5.74, 6) is -0.646. The molecule has 0 spiro atoms. The molecule has 0 aromatic heterocycles. The Morgan fingerprint density at radius 2 is 1.33 bits per heavy atom. The molecule has 4 N–H and O–H groups in total. The molecule has 0 saturated heterocycles. The van der Waals surface area contributed by atoms with Crippen LogP contribution in [0, 0.1) is 6.92 Å². The molecule has 3 amide bonds. The van der Waals surface area contributed by atoms with Crippen LogP contribution in [0.25, 0.3) is 0 Å². The van der Waals surface area contributed by atoms with E-state index in [9.17, 15) is 14.4 Å². The minimum absolute atomic E-state index is 0.00182. The van der Waals surface area contributed by atoms with Gasteiger partial charge in [-0.2, -0.15) is 0 Å². The molecule has 3 aromatic rings. The van der Waals surface area contributed by atoms with Crippen molar-refractivity contribution in [1.82, 2.24) is 0 Å². The Morgan fingerprint density at radius 1 is 0.697 bits per heavy atom. The number of carbonyl (C=O) groups is 3. The zero-order valence-corrected chi connectivity index (χ0v) is 18.8. The summed E-state index contributed by atoms with van der Waals surface area (Å²) in [7, 11) is 0. The highest BCUT2D eigenvalue weighted by molar-refractivity contribution is 6.10. The van der Waals surface area contributed by atoms with E-state index in [1.807, 2.05) is 50.2 Å². The summed E-state index contributed by atoms with van der Waals surface area (Å²) < 4.78 is 0. The lowest BCUT2D eigenvalue weighted by atomic mass is 10.1. The monoisotopic (exact) mass is 444 g/mol. The number of anilines is 4. The number of amides is 3. The highest BCUT2D eigenvalue weighted by atomic mass is 16.2. The molecular formula is C26H28N4O3. The largest absolute Gasteiger partial charge is 0.376 e. The number of hydrogen-bond donors (Lipinski definition) is 4. The van der Waals surface area contributed by atoms with Gasteiger partial charge >= 0.3 is 0 Å². The molecule has 0 unspecified atom stereocenters. The standard InChI is InChI=1S/C26H28N4O3/c1-3-10-24(31)29-22-16-9-15-21(18(22)2)27-17-25(32)30-23-14-8-7-13-20(23)26(33)28-19-11-5-4-6-12-19/h4-9,11-16,27H,3,10,17H2,1-2H3,(H,28,33)(H,29,31)(H,30,32). The molecule has 0 aliphatic carbocycles. The summed E-state index contributed by atoms with van der Waals surface area (Å²) >= 11 is 0. The Kier molecular flexibility index (Phi) is 8.18. The third kappa shape index (κ3) is 6.67. The van der Waals surface area contributed by atoms with Gasteiger partial charge in [-0.25, -0.2) is 0 Å². The topological polar surface area (TPSA) is 99.3 Å². The van der Waals surface area contributed by atoms with Crippen molar-refractivity contribution < 1.29 is 14.4 Å². The summed E-state index contributed by atoms with van der Waals surface area (Å²) in [5, 5.41) is 11.6. The first-order valence-electron chi connectivity index (χ1n) is 10.9. The fourth-order valence-corrected chi connectivity index (χ4v) is 3.28. The van der Waals surface area contributed by atoms with E-state index in [2.05, 4.69) is 21.3 Å². The molecule has 0 radical (unpaired) electrons. The number of carbonyl (C=O) groups excluding carboxylic acids is 3. The van der Waals surface area contributed by atoms with E-state index in [0.29, 0.717) is 29.0 Å². The van der Waals surface area contributed by atoms with Crippen molar-refractivity contribution in [2.24, 2.45) is 0 Å². The van der Waals surface area contributed by atoms with E-state index in [0.717, 1.165) is 17.7 Å². The third-order valence-corrected chi connectivity index (χ3v) is 5.00. The summed E-state index contributed by atoms with van der Waals surface area (Å²) in [6, 6.07) is 21.5. The van der Waals surface area contributed by atoms with Gasteiger partial charge < -0.3 is 21.3 Å². The number of nitrogens with one attached hydrogen (secondary N) is 4. The molecular weight excluding hydrogens is 416 g/mol. The minimum atomic E-state index is -0.309. The Bertz CT molecular complexity index is 1130. The van der Waals surface area contributed by atoms with Crippen molar-refractivity contribution in [3.05, 3.63) is 83.9 Å². The number of hydrogen-bond acceptors (Lipinski definition) is 4. The lowest BCUT2D eigenvalue weighted by Crippen LogP contribution is -2.24. The van der Waals surface area contributed by atoms with E-state index in [-0.39, 0.29) is 24.3 Å². The van der Waals surface area contributed by atoms with E-state index in [1.165, 1.54) is 0 Å². The highest BCUT2D eigenvalue weighted by Gasteiger charge is 2.14. The van der Waals surface area contributed by atoms with Gasteiger partial charge in [0.2, 0.25) is 11.8 Å². The maximum absolute atomic E-state index is 12.7. The normalized spacial score (nSPS) is 10.2.